The minimum Gasteiger partial charge on any atom is -0.506 e. The van der Waals surface area contributed by atoms with E-state index in [1.54, 1.807) is 13.0 Å². The number of nitrogens with zero attached hydrogens (tertiary/aromatic N) is 3. The number of aryl methyl sites for hydroxylation is 1. The second-order valence-corrected chi connectivity index (χ2v) is 7.52. The number of rotatable bonds is 3. The van der Waals surface area contributed by atoms with Gasteiger partial charge in [0.25, 0.3) is 0 Å². The molecule has 0 saturated carbocycles. The molecule has 2 heterocycles. The van der Waals surface area contributed by atoms with Crippen molar-refractivity contribution in [3.05, 3.63) is 61.8 Å². The molecule has 0 amide bonds. The van der Waals surface area contributed by atoms with Crippen LogP contribution in [0.25, 0.3) is 5.78 Å². The van der Waals surface area contributed by atoms with Crippen LogP contribution in [0.4, 0.5) is 13.2 Å². The number of carbonyl (C=O) groups is 1. The molecule has 0 aromatic carbocycles. The normalized spacial score (nSPS) is 15.6. The lowest BCUT2D eigenvalue weighted by Gasteiger charge is -2.08. The number of carbonyl (C=O) groups excluding carboxylic acids is 1. The van der Waals surface area contributed by atoms with Gasteiger partial charge in [-0.15, -0.1) is 0 Å². The van der Waals surface area contributed by atoms with Gasteiger partial charge in [0.2, 0.25) is 11.6 Å². The van der Waals surface area contributed by atoms with Crippen LogP contribution in [0.5, 0.6) is 0 Å². The third-order valence-corrected chi connectivity index (χ3v) is 5.26. The van der Waals surface area contributed by atoms with E-state index in [-0.39, 0.29) is 33.7 Å². The maximum atomic E-state index is 13.1. The van der Waals surface area contributed by atoms with Crippen LogP contribution < -0.4 is 0 Å². The van der Waals surface area contributed by atoms with Crippen molar-refractivity contribution >= 4 is 43.4 Å². The Morgan fingerprint density at radius 1 is 1.37 bits per heavy atom. The topological polar surface area (TPSA) is 67.5 Å². The van der Waals surface area contributed by atoms with Gasteiger partial charge in [-0.3, -0.25) is 9.20 Å². The number of aliphatic hydroxyl groups excluding tert-OH is 1. The molecule has 0 spiro atoms. The first-order valence-corrected chi connectivity index (χ1v) is 9.36. The van der Waals surface area contributed by atoms with Crippen LogP contribution in [0.3, 0.4) is 0 Å². The number of halogens is 5. The van der Waals surface area contributed by atoms with Gasteiger partial charge in [0.15, 0.2) is 0 Å². The maximum absolute atomic E-state index is 13.1. The number of allylic oxidation sites excluding steroid dienone is 5. The lowest BCUT2D eigenvalue weighted by Crippen LogP contribution is -2.12. The Labute approximate surface area is 168 Å². The van der Waals surface area contributed by atoms with E-state index in [2.05, 4.69) is 41.8 Å². The van der Waals surface area contributed by atoms with E-state index < -0.39 is 17.5 Å². The molecule has 3 rings (SSSR count). The highest BCUT2D eigenvalue weighted by atomic mass is 79.9. The van der Waals surface area contributed by atoms with Gasteiger partial charge in [-0.1, -0.05) is 28.9 Å². The van der Waals surface area contributed by atoms with Gasteiger partial charge in [-0.25, -0.2) is 9.97 Å². The van der Waals surface area contributed by atoms with Gasteiger partial charge < -0.3 is 5.11 Å². The first-order chi connectivity index (χ1) is 12.6. The van der Waals surface area contributed by atoms with Crippen LogP contribution in [-0.2, 0) is 12.6 Å². The van der Waals surface area contributed by atoms with E-state index in [0.717, 1.165) is 10.6 Å². The highest BCUT2D eigenvalue weighted by molar-refractivity contribution is 9.12. The monoisotopic (exact) mass is 505 g/mol. The van der Waals surface area contributed by atoms with Crippen molar-refractivity contribution < 1.29 is 23.1 Å². The molecule has 0 fully saturated rings. The lowest BCUT2D eigenvalue weighted by molar-refractivity contribution is -0.138. The Bertz CT molecular complexity index is 1040. The van der Waals surface area contributed by atoms with Crippen molar-refractivity contribution in [2.75, 3.05) is 0 Å². The lowest BCUT2D eigenvalue weighted by atomic mass is 10.0. The smallest absolute Gasteiger partial charge is 0.419 e. The third kappa shape index (κ3) is 3.73. The Hall–Kier alpha value is -1.94. The van der Waals surface area contributed by atoms with Gasteiger partial charge in [0.05, 0.1) is 15.7 Å². The van der Waals surface area contributed by atoms with Crippen molar-refractivity contribution in [2.24, 2.45) is 0 Å². The number of alkyl halides is 3. The maximum Gasteiger partial charge on any atom is 0.419 e. The summed E-state index contributed by atoms with van der Waals surface area (Å²) in [7, 11) is 0. The fourth-order valence-electron chi connectivity index (χ4n) is 2.60. The van der Waals surface area contributed by atoms with E-state index >= 15 is 0 Å². The summed E-state index contributed by atoms with van der Waals surface area (Å²) in [6, 6.07) is 0. The standard InChI is InChI=1S/C17H12Br2F3N3O2/c1-2-12-13(14(26)8-3-4-10(18)15(27)11(19)5-8)25-7-9(17(20,21)22)6-23-16(25)24-12/h3,5-7,27H,2,4H2,1H3. The van der Waals surface area contributed by atoms with E-state index in [9.17, 15) is 23.1 Å². The Morgan fingerprint density at radius 3 is 2.70 bits per heavy atom. The molecule has 2 aromatic heterocycles. The molecule has 0 unspecified atom stereocenters. The van der Waals surface area contributed by atoms with Crippen LogP contribution in [0.15, 0.2) is 44.8 Å². The van der Waals surface area contributed by atoms with Crippen molar-refractivity contribution in [3.8, 4) is 0 Å². The first-order valence-electron chi connectivity index (χ1n) is 7.77. The third-order valence-electron chi connectivity index (χ3n) is 3.96. The van der Waals surface area contributed by atoms with Gasteiger partial charge in [0.1, 0.15) is 11.5 Å². The fourth-order valence-corrected chi connectivity index (χ4v) is 3.72. The van der Waals surface area contributed by atoms with Crippen LogP contribution in [0.1, 0.15) is 35.1 Å². The Morgan fingerprint density at radius 2 is 2.07 bits per heavy atom. The minimum atomic E-state index is -4.59. The van der Waals surface area contributed by atoms with Gasteiger partial charge in [-0.05, 0) is 28.4 Å². The molecule has 27 heavy (non-hydrogen) atoms. The second kappa shape index (κ2) is 7.23. The zero-order valence-corrected chi connectivity index (χ0v) is 17.0. The Kier molecular flexibility index (Phi) is 5.31. The highest BCUT2D eigenvalue weighted by Gasteiger charge is 2.33. The summed E-state index contributed by atoms with van der Waals surface area (Å²) < 4.78 is 41.0. The predicted molar refractivity (Wildman–Crippen MR) is 100.0 cm³/mol. The summed E-state index contributed by atoms with van der Waals surface area (Å²) >= 11 is 6.40. The van der Waals surface area contributed by atoms with Crippen LogP contribution in [0, 0.1) is 0 Å². The SMILES string of the molecule is CCc1nc2ncc(C(F)(F)F)cn2c1C(=O)C1=CCC(Br)=C(O)C(Br)=C1. The number of aromatic nitrogens is 3. The van der Waals surface area contributed by atoms with Crippen LogP contribution in [0.2, 0.25) is 0 Å². The fraction of sp³-hybridized carbons (Fsp3) is 0.235. The molecule has 1 aliphatic carbocycles. The van der Waals surface area contributed by atoms with Crippen molar-refractivity contribution in [1.29, 1.82) is 0 Å². The average Bonchev–Trinajstić information content (AvgIpc) is 2.94. The predicted octanol–water partition coefficient (Wildman–Crippen LogP) is 5.27. The largest absolute Gasteiger partial charge is 0.506 e. The van der Waals surface area contributed by atoms with E-state index in [0.29, 0.717) is 22.8 Å². The van der Waals surface area contributed by atoms with E-state index in [1.165, 1.54) is 6.08 Å². The minimum absolute atomic E-state index is 0.0163. The summed E-state index contributed by atoms with van der Waals surface area (Å²) in [6.45, 7) is 1.75. The molecule has 0 atom stereocenters. The number of imidazole rings is 1. The zero-order chi connectivity index (χ0) is 19.9. The van der Waals surface area contributed by atoms with Gasteiger partial charge >= 0.3 is 6.18 Å². The van der Waals surface area contributed by atoms with Gasteiger partial charge in [-0.2, -0.15) is 13.2 Å². The quantitative estimate of drug-likeness (QED) is 0.576. The van der Waals surface area contributed by atoms with Crippen LogP contribution >= 0.6 is 31.9 Å². The average molecular weight is 507 g/mol. The van der Waals surface area contributed by atoms with E-state index in [1.807, 2.05) is 0 Å². The first kappa shape index (κ1) is 19.8. The van der Waals surface area contributed by atoms with Crippen molar-refractivity contribution in [3.63, 3.8) is 0 Å². The zero-order valence-electron chi connectivity index (χ0n) is 13.8. The summed E-state index contributed by atoms with van der Waals surface area (Å²) in [5.74, 6) is -0.543. The molecule has 5 nitrogen and oxygen atoms in total. The van der Waals surface area contributed by atoms with Crippen LogP contribution in [-0.4, -0.2) is 25.3 Å². The highest BCUT2D eigenvalue weighted by Crippen LogP contribution is 2.32. The molecule has 0 saturated heterocycles. The molecule has 2 aromatic rings. The van der Waals surface area contributed by atoms with Crippen molar-refractivity contribution in [1.82, 2.24) is 14.4 Å². The Balaban J connectivity index is 2.17. The summed E-state index contributed by atoms with van der Waals surface area (Å²) in [5.41, 5.74) is -0.390. The van der Waals surface area contributed by atoms with Gasteiger partial charge in [0, 0.05) is 28.9 Å². The molecule has 1 aliphatic rings. The molecular weight excluding hydrogens is 495 g/mol. The summed E-state index contributed by atoms with van der Waals surface area (Å²) in [5, 5.41) is 9.98. The molecule has 1 N–H and O–H groups in total. The van der Waals surface area contributed by atoms with E-state index in [4.69, 9.17) is 0 Å². The number of hydrogen-bond acceptors (Lipinski definition) is 4. The number of fused-ring (bicyclic) bond motifs is 1. The van der Waals surface area contributed by atoms with Crippen molar-refractivity contribution in [2.45, 2.75) is 25.9 Å². The molecule has 0 aliphatic heterocycles. The number of Topliss-reactive ketones (excluding diaryl/α,β-unsaturated/α-hetero) is 1. The molecule has 10 heteroatoms. The molecule has 0 radical (unpaired) electrons. The summed E-state index contributed by atoms with van der Waals surface area (Å²) in [6.07, 6.45) is 0.519. The summed E-state index contributed by atoms with van der Waals surface area (Å²) in [4.78, 5) is 21.0. The number of hydrogen-bond donors (Lipinski definition) is 1. The number of aliphatic hydroxyl groups is 1. The molecule has 0 bridgehead atoms. The molecule has 142 valence electrons. The second-order valence-electron chi connectivity index (χ2n) is 5.71. The molecular formula is C17H12Br2F3N3O2. The number of ketones is 1.